The molecule has 0 spiro atoms. The Morgan fingerprint density at radius 2 is 2.11 bits per heavy atom. The van der Waals surface area contributed by atoms with E-state index in [2.05, 4.69) is 11.3 Å². The maximum Gasteiger partial charge on any atom is 0.243 e. The van der Waals surface area contributed by atoms with Crippen molar-refractivity contribution in [3.05, 3.63) is 42.2 Å². The lowest BCUT2D eigenvalue weighted by molar-refractivity contribution is 0.162. The van der Waals surface area contributed by atoms with E-state index < -0.39 is 15.8 Å². The Hall–Kier alpha value is -1.24. The van der Waals surface area contributed by atoms with Gasteiger partial charge in [0.2, 0.25) is 10.0 Å². The summed E-state index contributed by atoms with van der Waals surface area (Å²) in [6, 6.07) is 5.22. The molecule has 0 atom stereocenters. The summed E-state index contributed by atoms with van der Waals surface area (Å²) >= 11 is 0. The quantitative estimate of drug-likeness (QED) is 0.607. The summed E-state index contributed by atoms with van der Waals surface area (Å²) in [6.45, 7) is 6.13. The maximum absolute atomic E-state index is 13.3. The van der Waals surface area contributed by atoms with Crippen molar-refractivity contribution < 1.29 is 17.5 Å². The van der Waals surface area contributed by atoms with Crippen LogP contribution in [-0.4, -0.2) is 28.2 Å². The van der Waals surface area contributed by atoms with E-state index in [1.54, 1.807) is 0 Å². The van der Waals surface area contributed by atoms with Gasteiger partial charge in [0, 0.05) is 6.54 Å². The Morgan fingerprint density at radius 3 is 2.72 bits per heavy atom. The van der Waals surface area contributed by atoms with Gasteiger partial charge < -0.3 is 4.74 Å². The molecule has 0 aliphatic carbocycles. The predicted molar refractivity (Wildman–Crippen MR) is 67.2 cm³/mol. The van der Waals surface area contributed by atoms with Gasteiger partial charge >= 0.3 is 0 Å². The van der Waals surface area contributed by atoms with Crippen LogP contribution < -0.4 is 4.72 Å². The van der Waals surface area contributed by atoms with Crippen molar-refractivity contribution >= 4 is 10.0 Å². The van der Waals surface area contributed by atoms with E-state index in [9.17, 15) is 12.8 Å². The summed E-state index contributed by atoms with van der Waals surface area (Å²) in [5.41, 5.74) is 0.854. The topological polar surface area (TPSA) is 55.4 Å². The van der Waals surface area contributed by atoms with Crippen molar-refractivity contribution in [2.75, 3.05) is 19.8 Å². The van der Waals surface area contributed by atoms with Crippen molar-refractivity contribution in [2.24, 2.45) is 0 Å². The Bertz CT molecular complexity index is 514. The minimum atomic E-state index is -3.82. The molecule has 18 heavy (non-hydrogen) atoms. The molecule has 0 aliphatic heterocycles. The third-order valence-corrected chi connectivity index (χ3v) is 3.51. The first-order valence-corrected chi connectivity index (χ1v) is 6.88. The maximum atomic E-state index is 13.3. The summed E-state index contributed by atoms with van der Waals surface area (Å²) < 4.78 is 44.2. The van der Waals surface area contributed by atoms with E-state index in [1.807, 2.05) is 6.92 Å². The number of hydrogen-bond acceptors (Lipinski definition) is 3. The molecule has 0 saturated heterocycles. The normalized spacial score (nSPS) is 11.4. The first-order chi connectivity index (χ1) is 8.43. The van der Waals surface area contributed by atoms with E-state index in [-0.39, 0.29) is 18.0 Å². The largest absolute Gasteiger partial charge is 0.376 e. The fraction of sp³-hybridized carbons (Fsp3) is 0.333. The number of nitrogens with one attached hydrogen (secondary N) is 1. The molecule has 0 heterocycles. The zero-order valence-electron chi connectivity index (χ0n) is 10.1. The predicted octanol–water partition coefficient (Wildman–Crippen LogP) is 1.70. The number of rotatable bonds is 7. The van der Waals surface area contributed by atoms with Gasteiger partial charge in [-0.05, 0) is 19.1 Å². The van der Waals surface area contributed by atoms with Crippen LogP contribution in [0.2, 0.25) is 0 Å². The average molecular weight is 273 g/mol. The zero-order valence-corrected chi connectivity index (χ0v) is 11.0. The zero-order chi connectivity index (χ0) is 13.6. The summed E-state index contributed by atoms with van der Waals surface area (Å²) in [7, 11) is -3.82. The minimum absolute atomic E-state index is 0.0872. The number of sulfonamides is 1. The monoisotopic (exact) mass is 273 g/mol. The molecule has 0 unspecified atom stereocenters. The molecular formula is C12H16FNO3S. The van der Waals surface area contributed by atoms with Gasteiger partial charge in [-0.1, -0.05) is 24.3 Å². The molecule has 0 bridgehead atoms. The molecule has 0 fully saturated rings. The van der Waals surface area contributed by atoms with Crippen molar-refractivity contribution in [3.63, 3.8) is 0 Å². The molecule has 6 heteroatoms. The van der Waals surface area contributed by atoms with E-state index in [0.717, 1.165) is 11.6 Å². The van der Waals surface area contributed by atoms with E-state index >= 15 is 0 Å². The molecule has 1 aromatic carbocycles. The minimum Gasteiger partial charge on any atom is -0.376 e. The third kappa shape index (κ3) is 4.56. The molecule has 0 amide bonds. The molecule has 1 N–H and O–H groups in total. The van der Waals surface area contributed by atoms with Crippen LogP contribution in [0, 0.1) is 5.82 Å². The van der Waals surface area contributed by atoms with Gasteiger partial charge in [-0.25, -0.2) is 17.5 Å². The van der Waals surface area contributed by atoms with Crippen LogP contribution in [0.1, 0.15) is 6.92 Å². The van der Waals surface area contributed by atoms with Crippen LogP contribution in [0.25, 0.3) is 0 Å². The van der Waals surface area contributed by atoms with E-state index in [1.165, 1.54) is 18.2 Å². The standard InChI is InChI=1S/C12H16FNO3S/c1-10(2)9-17-8-7-14-18(15,16)12-6-4-3-5-11(12)13/h3-6,14H,1,7-9H2,2H3. The second-order valence-electron chi connectivity index (χ2n) is 3.84. The fourth-order valence-electron chi connectivity index (χ4n) is 1.24. The highest BCUT2D eigenvalue weighted by atomic mass is 32.2. The molecular weight excluding hydrogens is 257 g/mol. The van der Waals surface area contributed by atoms with Crippen molar-refractivity contribution in [2.45, 2.75) is 11.8 Å². The second kappa shape index (κ2) is 6.63. The van der Waals surface area contributed by atoms with Gasteiger partial charge in [0.25, 0.3) is 0 Å². The Kier molecular flexibility index (Phi) is 5.46. The Labute approximate surface area is 107 Å². The van der Waals surface area contributed by atoms with Gasteiger partial charge in [0.15, 0.2) is 0 Å². The molecule has 0 aliphatic rings. The molecule has 1 aromatic rings. The van der Waals surface area contributed by atoms with E-state index in [0.29, 0.717) is 6.61 Å². The second-order valence-corrected chi connectivity index (χ2v) is 5.57. The summed E-state index contributed by atoms with van der Waals surface area (Å²) in [5.74, 6) is -0.771. The summed E-state index contributed by atoms with van der Waals surface area (Å²) in [5, 5.41) is 0. The summed E-state index contributed by atoms with van der Waals surface area (Å²) in [4.78, 5) is -0.357. The van der Waals surface area contributed by atoms with Gasteiger partial charge in [0.05, 0.1) is 13.2 Å². The first kappa shape index (κ1) is 14.8. The number of hydrogen-bond donors (Lipinski definition) is 1. The average Bonchev–Trinajstić information content (AvgIpc) is 2.28. The lowest BCUT2D eigenvalue weighted by Crippen LogP contribution is -2.28. The third-order valence-electron chi connectivity index (χ3n) is 2.01. The highest BCUT2D eigenvalue weighted by Gasteiger charge is 2.17. The lowest BCUT2D eigenvalue weighted by Gasteiger charge is -2.08. The molecule has 4 nitrogen and oxygen atoms in total. The number of halogens is 1. The van der Waals surface area contributed by atoms with Crippen LogP contribution in [0.15, 0.2) is 41.3 Å². The van der Waals surface area contributed by atoms with Gasteiger partial charge in [-0.15, -0.1) is 0 Å². The lowest BCUT2D eigenvalue weighted by atomic mass is 10.4. The van der Waals surface area contributed by atoms with Gasteiger partial charge in [-0.3, -0.25) is 0 Å². The Balaban J connectivity index is 2.51. The van der Waals surface area contributed by atoms with Crippen molar-refractivity contribution in [1.29, 1.82) is 0 Å². The van der Waals surface area contributed by atoms with Crippen LogP contribution in [-0.2, 0) is 14.8 Å². The van der Waals surface area contributed by atoms with Crippen molar-refractivity contribution in [1.82, 2.24) is 4.72 Å². The smallest absolute Gasteiger partial charge is 0.243 e. The molecule has 0 saturated carbocycles. The highest BCUT2D eigenvalue weighted by Crippen LogP contribution is 2.12. The van der Waals surface area contributed by atoms with Crippen LogP contribution in [0.5, 0.6) is 0 Å². The van der Waals surface area contributed by atoms with E-state index in [4.69, 9.17) is 4.74 Å². The first-order valence-electron chi connectivity index (χ1n) is 5.40. The van der Waals surface area contributed by atoms with Crippen molar-refractivity contribution in [3.8, 4) is 0 Å². The van der Waals surface area contributed by atoms with Crippen LogP contribution >= 0.6 is 0 Å². The number of ether oxygens (including phenoxy) is 1. The van der Waals surface area contributed by atoms with Gasteiger partial charge in [0.1, 0.15) is 10.7 Å². The van der Waals surface area contributed by atoms with Crippen LogP contribution in [0.3, 0.4) is 0 Å². The highest BCUT2D eigenvalue weighted by molar-refractivity contribution is 7.89. The molecule has 1 rings (SSSR count). The molecule has 100 valence electrons. The summed E-state index contributed by atoms with van der Waals surface area (Å²) in [6.07, 6.45) is 0. The van der Waals surface area contributed by atoms with Gasteiger partial charge in [-0.2, -0.15) is 0 Å². The molecule has 0 radical (unpaired) electrons. The number of benzene rings is 1. The SMILES string of the molecule is C=C(C)COCCNS(=O)(=O)c1ccccc1F. The fourth-order valence-corrected chi connectivity index (χ4v) is 2.33. The molecule has 0 aromatic heterocycles. The Morgan fingerprint density at radius 1 is 1.44 bits per heavy atom. The van der Waals surface area contributed by atoms with Crippen LogP contribution in [0.4, 0.5) is 4.39 Å².